The summed E-state index contributed by atoms with van der Waals surface area (Å²) in [6.45, 7) is 1.85. The molecule has 2 aromatic carbocycles. The van der Waals surface area contributed by atoms with E-state index in [9.17, 15) is 9.50 Å². The van der Waals surface area contributed by atoms with Crippen molar-refractivity contribution in [2.24, 2.45) is 0 Å². The summed E-state index contributed by atoms with van der Waals surface area (Å²) in [6, 6.07) is 12.9. The van der Waals surface area contributed by atoms with Gasteiger partial charge in [0.15, 0.2) is 12.4 Å². The van der Waals surface area contributed by atoms with E-state index in [1.54, 1.807) is 43.3 Å². The summed E-state index contributed by atoms with van der Waals surface area (Å²) >= 11 is 0. The molecular formula is C18H17FN2O4. The Kier molecular flexibility index (Phi) is 5.25. The molecule has 0 spiro atoms. The number of aliphatic hydroxyl groups is 1. The van der Waals surface area contributed by atoms with Crippen molar-refractivity contribution in [3.8, 4) is 11.5 Å². The topological polar surface area (TPSA) is 77.6 Å². The maximum atomic E-state index is 13.6. The molecule has 0 saturated carbocycles. The van der Waals surface area contributed by atoms with Crippen LogP contribution in [-0.2, 0) is 6.61 Å². The molecule has 3 aromatic rings. The lowest BCUT2D eigenvalue weighted by Gasteiger charge is -2.13. The van der Waals surface area contributed by atoms with Crippen molar-refractivity contribution in [1.29, 1.82) is 0 Å². The van der Waals surface area contributed by atoms with Gasteiger partial charge >= 0.3 is 0 Å². The molecule has 0 fully saturated rings. The Morgan fingerprint density at radius 1 is 1.08 bits per heavy atom. The van der Waals surface area contributed by atoms with E-state index in [2.05, 4.69) is 10.1 Å². The second-order valence-electron chi connectivity index (χ2n) is 5.34. The van der Waals surface area contributed by atoms with E-state index in [1.807, 2.05) is 0 Å². The number of nitrogens with zero attached hydrogens (tertiary/aromatic N) is 2. The first-order chi connectivity index (χ1) is 12.1. The van der Waals surface area contributed by atoms with Crippen molar-refractivity contribution >= 4 is 0 Å². The first-order valence-electron chi connectivity index (χ1n) is 7.69. The fourth-order valence-electron chi connectivity index (χ4n) is 2.19. The van der Waals surface area contributed by atoms with Crippen LogP contribution in [0.3, 0.4) is 0 Å². The van der Waals surface area contributed by atoms with Crippen LogP contribution in [0.1, 0.15) is 23.4 Å². The van der Waals surface area contributed by atoms with E-state index in [4.69, 9.17) is 14.0 Å². The van der Waals surface area contributed by atoms with E-state index >= 15 is 0 Å². The fourth-order valence-corrected chi connectivity index (χ4v) is 2.19. The Morgan fingerprint density at radius 2 is 1.76 bits per heavy atom. The van der Waals surface area contributed by atoms with Crippen LogP contribution >= 0.6 is 0 Å². The van der Waals surface area contributed by atoms with Crippen LogP contribution in [-0.4, -0.2) is 21.9 Å². The minimum Gasteiger partial charge on any atom is -0.491 e. The Hall–Kier alpha value is -2.93. The lowest BCUT2D eigenvalue weighted by molar-refractivity contribution is 0.105. The summed E-state index contributed by atoms with van der Waals surface area (Å²) in [5.41, 5.74) is 0.206. The Labute approximate surface area is 143 Å². The van der Waals surface area contributed by atoms with Crippen molar-refractivity contribution in [2.45, 2.75) is 19.6 Å². The maximum Gasteiger partial charge on any atom is 0.264 e. The van der Waals surface area contributed by atoms with Gasteiger partial charge in [-0.3, -0.25) is 0 Å². The molecule has 6 nitrogen and oxygen atoms in total. The number of benzene rings is 2. The Bertz CT molecular complexity index is 820. The zero-order chi connectivity index (χ0) is 17.6. The number of aliphatic hydroxyl groups excluding tert-OH is 1. The number of halogens is 1. The summed E-state index contributed by atoms with van der Waals surface area (Å²) in [7, 11) is 0. The molecule has 1 N–H and O–H groups in total. The van der Waals surface area contributed by atoms with Crippen molar-refractivity contribution in [3.05, 3.63) is 71.6 Å². The summed E-state index contributed by atoms with van der Waals surface area (Å²) in [5.74, 6) is 1.63. The largest absolute Gasteiger partial charge is 0.491 e. The van der Waals surface area contributed by atoms with E-state index in [0.717, 1.165) is 0 Å². The van der Waals surface area contributed by atoms with E-state index in [-0.39, 0.29) is 18.8 Å². The van der Waals surface area contributed by atoms with Crippen molar-refractivity contribution in [1.82, 2.24) is 10.1 Å². The molecule has 130 valence electrons. The smallest absolute Gasteiger partial charge is 0.264 e. The average molecular weight is 344 g/mol. The number of ether oxygens (including phenoxy) is 2. The Morgan fingerprint density at radius 3 is 2.40 bits per heavy atom. The minimum absolute atomic E-state index is 0.0532. The summed E-state index contributed by atoms with van der Waals surface area (Å²) in [5, 5.41) is 13.7. The van der Waals surface area contributed by atoms with Crippen molar-refractivity contribution in [2.75, 3.05) is 6.61 Å². The molecule has 0 bridgehead atoms. The van der Waals surface area contributed by atoms with Crippen molar-refractivity contribution in [3.63, 3.8) is 0 Å². The van der Waals surface area contributed by atoms with Crippen LogP contribution in [0.2, 0.25) is 0 Å². The number of hydrogen-bond donors (Lipinski definition) is 1. The Balaban J connectivity index is 1.51. The van der Waals surface area contributed by atoms with E-state index in [0.29, 0.717) is 23.2 Å². The lowest BCUT2D eigenvalue weighted by Crippen LogP contribution is -2.11. The molecule has 0 aliphatic carbocycles. The van der Waals surface area contributed by atoms with Crippen LogP contribution in [0.5, 0.6) is 11.5 Å². The second kappa shape index (κ2) is 7.76. The predicted octanol–water partition coefficient (Wildman–Crippen LogP) is 3.21. The highest BCUT2D eigenvalue weighted by Crippen LogP contribution is 2.21. The standard InChI is InChI=1S/C18H17FN2O4/c1-12-20-18(25-21-12)11-24-14-8-6-13(7-9-14)23-10-17(22)15-4-2-3-5-16(15)19/h2-9,17,22H,10-11H2,1H3. The second-order valence-corrected chi connectivity index (χ2v) is 5.34. The van der Waals surface area contributed by atoms with Gasteiger partial charge in [0.05, 0.1) is 0 Å². The van der Waals surface area contributed by atoms with Gasteiger partial charge in [0.25, 0.3) is 5.89 Å². The zero-order valence-corrected chi connectivity index (χ0v) is 13.6. The molecule has 3 rings (SSSR count). The number of aromatic nitrogens is 2. The molecule has 0 radical (unpaired) electrons. The quantitative estimate of drug-likeness (QED) is 0.709. The molecule has 0 aliphatic heterocycles. The van der Waals surface area contributed by atoms with Crippen LogP contribution in [0, 0.1) is 12.7 Å². The first-order valence-corrected chi connectivity index (χ1v) is 7.69. The number of hydrogen-bond acceptors (Lipinski definition) is 6. The van der Waals surface area contributed by atoms with Gasteiger partial charge in [-0.15, -0.1) is 0 Å². The van der Waals surface area contributed by atoms with Gasteiger partial charge in [0, 0.05) is 5.56 Å². The molecule has 1 aromatic heterocycles. The molecule has 1 atom stereocenters. The maximum absolute atomic E-state index is 13.6. The predicted molar refractivity (Wildman–Crippen MR) is 86.7 cm³/mol. The van der Waals surface area contributed by atoms with Gasteiger partial charge in [-0.1, -0.05) is 23.4 Å². The molecule has 1 unspecified atom stereocenters. The van der Waals surface area contributed by atoms with Crippen LogP contribution in [0.15, 0.2) is 53.1 Å². The third kappa shape index (κ3) is 4.54. The monoisotopic (exact) mass is 344 g/mol. The molecule has 0 amide bonds. The highest BCUT2D eigenvalue weighted by Gasteiger charge is 2.13. The zero-order valence-electron chi connectivity index (χ0n) is 13.6. The third-order valence-corrected chi connectivity index (χ3v) is 3.43. The highest BCUT2D eigenvalue weighted by molar-refractivity contribution is 5.31. The number of rotatable bonds is 7. The van der Waals surface area contributed by atoms with Gasteiger partial charge in [-0.05, 0) is 37.3 Å². The fraction of sp³-hybridized carbons (Fsp3) is 0.222. The molecular weight excluding hydrogens is 327 g/mol. The molecule has 0 aliphatic rings. The summed E-state index contributed by atoms with van der Waals surface area (Å²) in [4.78, 5) is 4.04. The normalized spacial score (nSPS) is 12.0. The SMILES string of the molecule is Cc1noc(COc2ccc(OCC(O)c3ccccc3F)cc2)n1. The van der Waals surface area contributed by atoms with Crippen LogP contribution in [0.4, 0.5) is 4.39 Å². The van der Waals surface area contributed by atoms with Crippen LogP contribution in [0.25, 0.3) is 0 Å². The summed E-state index contributed by atoms with van der Waals surface area (Å²) in [6.07, 6.45) is -1.04. The van der Waals surface area contributed by atoms with Gasteiger partial charge in [-0.2, -0.15) is 4.98 Å². The third-order valence-electron chi connectivity index (χ3n) is 3.43. The molecule has 7 heteroatoms. The molecule has 25 heavy (non-hydrogen) atoms. The lowest BCUT2D eigenvalue weighted by atomic mass is 10.1. The minimum atomic E-state index is -1.04. The van der Waals surface area contributed by atoms with E-state index < -0.39 is 11.9 Å². The average Bonchev–Trinajstić information content (AvgIpc) is 3.04. The first kappa shape index (κ1) is 16.9. The van der Waals surface area contributed by atoms with Gasteiger partial charge in [0.2, 0.25) is 0 Å². The highest BCUT2D eigenvalue weighted by atomic mass is 19.1. The van der Waals surface area contributed by atoms with E-state index in [1.165, 1.54) is 12.1 Å². The molecule has 1 heterocycles. The molecule has 0 saturated heterocycles. The van der Waals surface area contributed by atoms with Gasteiger partial charge in [0.1, 0.15) is 30.0 Å². The van der Waals surface area contributed by atoms with Gasteiger partial charge < -0.3 is 19.1 Å². The van der Waals surface area contributed by atoms with Crippen LogP contribution < -0.4 is 9.47 Å². The van der Waals surface area contributed by atoms with Gasteiger partial charge in [-0.25, -0.2) is 4.39 Å². The summed E-state index contributed by atoms with van der Waals surface area (Å²) < 4.78 is 29.6. The number of aryl methyl sites for hydroxylation is 1. The van der Waals surface area contributed by atoms with Crippen molar-refractivity contribution < 1.29 is 23.5 Å².